The first-order valence-electron chi connectivity index (χ1n) is 7.85. The highest BCUT2D eigenvalue weighted by Crippen LogP contribution is 2.13. The van der Waals surface area contributed by atoms with E-state index in [9.17, 15) is 4.79 Å². The number of aromatic nitrogens is 1. The highest BCUT2D eigenvalue weighted by Gasteiger charge is 2.08. The van der Waals surface area contributed by atoms with Crippen molar-refractivity contribution < 1.29 is 4.79 Å². The standard InChI is InChI=1S/C19H23NO/c1-2-3-4-5-6-8-16-10-12-17(13-11-16)19(21)18-9-7-14-20-15-18/h7,9-15H,2-6,8H2,1H3. The molecule has 21 heavy (non-hydrogen) atoms. The Morgan fingerprint density at radius 3 is 2.38 bits per heavy atom. The van der Waals surface area contributed by atoms with E-state index in [0.717, 1.165) is 12.0 Å². The van der Waals surface area contributed by atoms with E-state index < -0.39 is 0 Å². The predicted octanol–water partition coefficient (Wildman–Crippen LogP) is 4.83. The van der Waals surface area contributed by atoms with Gasteiger partial charge < -0.3 is 0 Å². The molecule has 0 fully saturated rings. The monoisotopic (exact) mass is 281 g/mol. The molecule has 1 aromatic heterocycles. The molecule has 0 saturated carbocycles. The number of unbranched alkanes of at least 4 members (excludes halogenated alkanes) is 4. The molecule has 2 heteroatoms. The molecule has 0 saturated heterocycles. The van der Waals surface area contributed by atoms with Crippen molar-refractivity contribution in [2.24, 2.45) is 0 Å². The summed E-state index contributed by atoms with van der Waals surface area (Å²) in [7, 11) is 0. The van der Waals surface area contributed by atoms with Gasteiger partial charge in [0, 0.05) is 23.5 Å². The summed E-state index contributed by atoms with van der Waals surface area (Å²) in [5.74, 6) is 0.0394. The number of carbonyl (C=O) groups excluding carboxylic acids is 1. The summed E-state index contributed by atoms with van der Waals surface area (Å²) in [6.45, 7) is 2.23. The number of benzene rings is 1. The minimum atomic E-state index is 0.0394. The number of nitrogens with zero attached hydrogens (tertiary/aromatic N) is 1. The zero-order valence-electron chi connectivity index (χ0n) is 12.7. The Morgan fingerprint density at radius 1 is 0.952 bits per heavy atom. The van der Waals surface area contributed by atoms with Crippen molar-refractivity contribution in [3.8, 4) is 0 Å². The van der Waals surface area contributed by atoms with Gasteiger partial charge in [0.1, 0.15) is 0 Å². The summed E-state index contributed by atoms with van der Waals surface area (Å²) in [6, 6.07) is 11.6. The Hall–Kier alpha value is -1.96. The van der Waals surface area contributed by atoms with Gasteiger partial charge in [0.2, 0.25) is 0 Å². The van der Waals surface area contributed by atoms with Crippen LogP contribution < -0.4 is 0 Å². The van der Waals surface area contributed by atoms with Gasteiger partial charge in [0.05, 0.1) is 0 Å². The topological polar surface area (TPSA) is 30.0 Å². The molecule has 1 aromatic carbocycles. The van der Waals surface area contributed by atoms with Gasteiger partial charge in [-0.3, -0.25) is 9.78 Å². The van der Waals surface area contributed by atoms with Gasteiger partial charge in [-0.05, 0) is 30.5 Å². The number of carbonyl (C=O) groups is 1. The molecule has 2 aromatic rings. The quantitative estimate of drug-likeness (QED) is 0.512. The first-order chi connectivity index (χ1) is 10.3. The van der Waals surface area contributed by atoms with E-state index in [1.54, 1.807) is 24.5 Å². The first kappa shape index (κ1) is 15.4. The Morgan fingerprint density at radius 2 is 1.71 bits per heavy atom. The molecule has 0 atom stereocenters. The summed E-state index contributed by atoms with van der Waals surface area (Å²) in [4.78, 5) is 16.2. The molecule has 2 rings (SSSR count). The highest BCUT2D eigenvalue weighted by molar-refractivity contribution is 6.08. The number of ketones is 1. The molecule has 0 N–H and O–H groups in total. The molecule has 0 amide bonds. The largest absolute Gasteiger partial charge is 0.289 e. The third-order valence-electron chi connectivity index (χ3n) is 3.71. The lowest BCUT2D eigenvalue weighted by atomic mass is 10.0. The molecule has 0 spiro atoms. The van der Waals surface area contributed by atoms with Crippen LogP contribution in [0.3, 0.4) is 0 Å². The Labute approximate surface area is 127 Å². The van der Waals surface area contributed by atoms with E-state index in [4.69, 9.17) is 0 Å². The maximum absolute atomic E-state index is 12.2. The summed E-state index contributed by atoms with van der Waals surface area (Å²) in [5.41, 5.74) is 2.69. The molecule has 0 radical (unpaired) electrons. The normalized spacial score (nSPS) is 10.5. The van der Waals surface area contributed by atoms with Crippen LogP contribution in [0.2, 0.25) is 0 Å². The fourth-order valence-electron chi connectivity index (χ4n) is 2.42. The second-order valence-electron chi connectivity index (χ2n) is 5.43. The predicted molar refractivity (Wildman–Crippen MR) is 86.6 cm³/mol. The van der Waals surface area contributed by atoms with Crippen LogP contribution in [-0.4, -0.2) is 10.8 Å². The minimum Gasteiger partial charge on any atom is -0.289 e. The van der Waals surface area contributed by atoms with E-state index >= 15 is 0 Å². The van der Waals surface area contributed by atoms with Crippen molar-refractivity contribution in [1.29, 1.82) is 0 Å². The maximum Gasteiger partial charge on any atom is 0.194 e. The van der Waals surface area contributed by atoms with Crippen molar-refractivity contribution in [1.82, 2.24) is 4.98 Å². The van der Waals surface area contributed by atoms with Gasteiger partial charge in [-0.25, -0.2) is 0 Å². The van der Waals surface area contributed by atoms with Crippen LogP contribution in [0.25, 0.3) is 0 Å². The average Bonchev–Trinajstić information content (AvgIpc) is 2.55. The maximum atomic E-state index is 12.2. The lowest BCUT2D eigenvalue weighted by molar-refractivity contribution is 0.103. The van der Waals surface area contributed by atoms with E-state index in [1.165, 1.54) is 37.7 Å². The van der Waals surface area contributed by atoms with Crippen molar-refractivity contribution in [2.75, 3.05) is 0 Å². The number of hydrogen-bond acceptors (Lipinski definition) is 2. The van der Waals surface area contributed by atoms with Crippen LogP contribution in [-0.2, 0) is 6.42 Å². The molecular weight excluding hydrogens is 258 g/mol. The second kappa shape index (κ2) is 8.35. The van der Waals surface area contributed by atoms with Gasteiger partial charge in [0.15, 0.2) is 5.78 Å². The molecule has 0 aliphatic carbocycles. The Balaban J connectivity index is 1.88. The molecule has 0 aliphatic heterocycles. The van der Waals surface area contributed by atoms with Crippen LogP contribution >= 0.6 is 0 Å². The zero-order chi connectivity index (χ0) is 14.9. The molecule has 0 unspecified atom stereocenters. The lowest BCUT2D eigenvalue weighted by Crippen LogP contribution is -2.01. The van der Waals surface area contributed by atoms with Gasteiger partial charge in [-0.15, -0.1) is 0 Å². The number of pyridine rings is 1. The highest BCUT2D eigenvalue weighted by atomic mass is 16.1. The fraction of sp³-hybridized carbons (Fsp3) is 0.368. The van der Waals surface area contributed by atoms with E-state index in [0.29, 0.717) is 5.56 Å². The smallest absolute Gasteiger partial charge is 0.194 e. The van der Waals surface area contributed by atoms with Crippen molar-refractivity contribution in [2.45, 2.75) is 45.4 Å². The van der Waals surface area contributed by atoms with Gasteiger partial charge >= 0.3 is 0 Å². The SMILES string of the molecule is CCCCCCCc1ccc(C(=O)c2cccnc2)cc1. The summed E-state index contributed by atoms with van der Waals surface area (Å²) < 4.78 is 0. The molecule has 1 heterocycles. The Kier molecular flexibility index (Phi) is 6.14. The minimum absolute atomic E-state index is 0.0394. The molecule has 2 nitrogen and oxygen atoms in total. The first-order valence-corrected chi connectivity index (χ1v) is 7.85. The third kappa shape index (κ3) is 4.82. The zero-order valence-corrected chi connectivity index (χ0v) is 12.7. The number of aryl methyl sites for hydroxylation is 1. The van der Waals surface area contributed by atoms with E-state index in [1.807, 2.05) is 12.1 Å². The van der Waals surface area contributed by atoms with Crippen LogP contribution in [0.1, 0.15) is 60.5 Å². The summed E-state index contributed by atoms with van der Waals surface area (Å²) in [6.07, 6.45) is 10.9. The van der Waals surface area contributed by atoms with Gasteiger partial charge in [-0.1, -0.05) is 56.9 Å². The van der Waals surface area contributed by atoms with Crippen molar-refractivity contribution in [3.05, 3.63) is 65.5 Å². The van der Waals surface area contributed by atoms with Crippen molar-refractivity contribution in [3.63, 3.8) is 0 Å². The van der Waals surface area contributed by atoms with E-state index in [-0.39, 0.29) is 5.78 Å². The number of rotatable bonds is 8. The lowest BCUT2D eigenvalue weighted by Gasteiger charge is -2.04. The van der Waals surface area contributed by atoms with E-state index in [2.05, 4.69) is 24.0 Å². The summed E-state index contributed by atoms with van der Waals surface area (Å²) in [5, 5.41) is 0. The third-order valence-corrected chi connectivity index (χ3v) is 3.71. The van der Waals surface area contributed by atoms with Crippen molar-refractivity contribution >= 4 is 5.78 Å². The van der Waals surface area contributed by atoms with Crippen LogP contribution in [0.4, 0.5) is 0 Å². The van der Waals surface area contributed by atoms with Crippen LogP contribution in [0, 0.1) is 0 Å². The second-order valence-corrected chi connectivity index (χ2v) is 5.43. The van der Waals surface area contributed by atoms with Gasteiger partial charge in [-0.2, -0.15) is 0 Å². The average molecular weight is 281 g/mol. The van der Waals surface area contributed by atoms with Gasteiger partial charge in [0.25, 0.3) is 0 Å². The number of hydrogen-bond donors (Lipinski definition) is 0. The molecule has 0 bridgehead atoms. The molecule has 110 valence electrons. The molecule has 0 aliphatic rings. The van der Waals surface area contributed by atoms with Crippen LogP contribution in [0.15, 0.2) is 48.8 Å². The summed E-state index contributed by atoms with van der Waals surface area (Å²) >= 11 is 0. The van der Waals surface area contributed by atoms with Crippen LogP contribution in [0.5, 0.6) is 0 Å². The fourth-order valence-corrected chi connectivity index (χ4v) is 2.42. The Bertz CT molecular complexity index is 546. The molecular formula is C19H23NO.